The summed E-state index contributed by atoms with van der Waals surface area (Å²) in [6, 6.07) is 30.1. The Kier molecular flexibility index (Phi) is 6.96. The molecule has 0 aliphatic carbocycles. The van der Waals surface area contributed by atoms with E-state index in [1.165, 1.54) is 11.3 Å². The lowest BCUT2D eigenvalue weighted by atomic mass is 9.77. The van der Waals surface area contributed by atoms with Crippen molar-refractivity contribution in [2.24, 2.45) is 5.16 Å². The number of thiazole rings is 1. The number of hydrogen-bond donors (Lipinski definition) is 3. The summed E-state index contributed by atoms with van der Waals surface area (Å²) in [4.78, 5) is 33.6. The summed E-state index contributed by atoms with van der Waals surface area (Å²) in [5.74, 6) is -1.61. The molecule has 1 atom stereocenters. The predicted octanol–water partition coefficient (Wildman–Crippen LogP) is 4.24. The van der Waals surface area contributed by atoms with E-state index >= 15 is 0 Å². The Labute approximate surface area is 217 Å². The van der Waals surface area contributed by atoms with Crippen molar-refractivity contribution < 1.29 is 19.5 Å². The molecular weight excluding hydrogens is 488 g/mol. The zero-order chi connectivity index (χ0) is 25.7. The first-order chi connectivity index (χ1) is 18.1. The van der Waals surface area contributed by atoms with Gasteiger partial charge in [0.05, 0.1) is 0 Å². The fourth-order valence-corrected chi connectivity index (χ4v) is 5.12. The molecule has 0 bridgehead atoms. The minimum atomic E-state index is -1.30. The second-order valence-corrected chi connectivity index (χ2v) is 9.29. The lowest BCUT2D eigenvalue weighted by molar-refractivity contribution is -0.131. The van der Waals surface area contributed by atoms with E-state index in [1.807, 2.05) is 91.0 Å². The van der Waals surface area contributed by atoms with Gasteiger partial charge in [0.15, 0.2) is 5.13 Å². The zero-order valence-electron chi connectivity index (χ0n) is 19.7. The molecule has 0 unspecified atom stereocenters. The third-order valence-electron chi connectivity index (χ3n) is 6.13. The molecule has 1 aliphatic heterocycles. The maximum atomic E-state index is 12.0. The van der Waals surface area contributed by atoms with E-state index in [0.717, 1.165) is 16.7 Å². The van der Waals surface area contributed by atoms with E-state index in [1.54, 1.807) is 5.38 Å². The summed E-state index contributed by atoms with van der Waals surface area (Å²) in [6.07, 6.45) is -0.389. The average molecular weight is 513 g/mol. The van der Waals surface area contributed by atoms with Crippen molar-refractivity contribution >= 4 is 34.1 Å². The van der Waals surface area contributed by atoms with Crippen molar-refractivity contribution in [3.63, 3.8) is 0 Å². The molecular formula is C28H24N4O4S. The molecule has 2 heterocycles. The Morgan fingerprint density at radius 3 is 1.97 bits per heavy atom. The monoisotopic (exact) mass is 512 g/mol. The van der Waals surface area contributed by atoms with Crippen LogP contribution in [0, 0.1) is 0 Å². The first-order valence-electron chi connectivity index (χ1n) is 11.7. The zero-order valence-corrected chi connectivity index (χ0v) is 20.5. The number of benzene rings is 3. The van der Waals surface area contributed by atoms with Gasteiger partial charge in [-0.1, -0.05) is 96.2 Å². The second kappa shape index (κ2) is 10.6. The van der Waals surface area contributed by atoms with Crippen LogP contribution in [-0.2, 0) is 20.0 Å². The summed E-state index contributed by atoms with van der Waals surface area (Å²) in [5, 5.41) is 21.9. The van der Waals surface area contributed by atoms with Gasteiger partial charge in [-0.3, -0.25) is 4.79 Å². The molecule has 1 amide bonds. The molecule has 1 aromatic heterocycles. The average Bonchev–Trinajstić information content (AvgIpc) is 3.57. The highest BCUT2D eigenvalue weighted by atomic mass is 32.1. The number of aliphatic carboxylic acids is 1. The molecule has 3 N–H and O–H groups in total. The van der Waals surface area contributed by atoms with Crippen LogP contribution >= 0.6 is 11.3 Å². The van der Waals surface area contributed by atoms with Crippen LogP contribution in [0.5, 0.6) is 0 Å². The SMILES string of the molecule is O=C(O)/C(=N/O[C@H]1CCNC1=O)c1csc(NC(c2ccccc2)(c2ccccc2)c2ccccc2)n1. The van der Waals surface area contributed by atoms with E-state index in [-0.39, 0.29) is 17.3 Å². The number of carbonyl (C=O) groups is 2. The van der Waals surface area contributed by atoms with Crippen molar-refractivity contribution in [3.8, 4) is 0 Å². The molecule has 1 fully saturated rings. The number of nitrogens with zero attached hydrogens (tertiary/aromatic N) is 2. The maximum absolute atomic E-state index is 12.0. The van der Waals surface area contributed by atoms with E-state index in [4.69, 9.17) is 4.84 Å². The van der Waals surface area contributed by atoms with Crippen LogP contribution < -0.4 is 10.6 Å². The molecule has 4 aromatic rings. The van der Waals surface area contributed by atoms with Crippen molar-refractivity contribution in [3.05, 3.63) is 119 Å². The summed E-state index contributed by atoms with van der Waals surface area (Å²) in [7, 11) is 0. The number of carboxylic acids is 1. The molecule has 3 aromatic carbocycles. The molecule has 1 saturated heterocycles. The van der Waals surface area contributed by atoms with Gasteiger partial charge in [0.2, 0.25) is 11.8 Å². The number of amides is 1. The smallest absolute Gasteiger partial charge is 0.360 e. The number of carboxylic acid groups (broad SMARTS) is 1. The number of carbonyl (C=O) groups excluding carboxylic acids is 1. The minimum Gasteiger partial charge on any atom is -0.476 e. The highest BCUT2D eigenvalue weighted by molar-refractivity contribution is 7.14. The van der Waals surface area contributed by atoms with Crippen molar-refractivity contribution in [2.75, 3.05) is 11.9 Å². The number of hydrogen-bond acceptors (Lipinski definition) is 7. The third-order valence-corrected chi connectivity index (χ3v) is 6.89. The Morgan fingerprint density at radius 2 is 1.51 bits per heavy atom. The summed E-state index contributed by atoms with van der Waals surface area (Å²) in [5.41, 5.74) is 1.94. The first-order valence-corrected chi connectivity index (χ1v) is 12.6. The molecule has 0 saturated carbocycles. The summed E-state index contributed by atoms with van der Waals surface area (Å²) >= 11 is 1.26. The minimum absolute atomic E-state index is 0.140. The number of nitrogens with one attached hydrogen (secondary N) is 2. The van der Waals surface area contributed by atoms with E-state index < -0.39 is 17.6 Å². The van der Waals surface area contributed by atoms with Crippen LogP contribution in [0.25, 0.3) is 0 Å². The van der Waals surface area contributed by atoms with Gasteiger partial charge in [-0.05, 0) is 16.7 Å². The topological polar surface area (TPSA) is 113 Å². The number of anilines is 1. The van der Waals surface area contributed by atoms with Crippen LogP contribution in [0.2, 0.25) is 0 Å². The summed E-state index contributed by atoms with van der Waals surface area (Å²) in [6.45, 7) is 0.465. The van der Waals surface area contributed by atoms with Gasteiger partial charge in [0.1, 0.15) is 11.2 Å². The van der Waals surface area contributed by atoms with Gasteiger partial charge in [-0.2, -0.15) is 0 Å². The van der Waals surface area contributed by atoms with Crippen LogP contribution in [0.3, 0.4) is 0 Å². The van der Waals surface area contributed by atoms with Crippen molar-refractivity contribution in [2.45, 2.75) is 18.1 Å². The van der Waals surface area contributed by atoms with Gasteiger partial charge < -0.3 is 20.6 Å². The van der Waals surface area contributed by atoms with Gasteiger partial charge in [-0.15, -0.1) is 11.3 Å². The molecule has 1 aliphatic rings. The first kappa shape index (κ1) is 24.2. The number of rotatable bonds is 9. The van der Waals surface area contributed by atoms with Crippen LogP contribution in [0.1, 0.15) is 28.8 Å². The van der Waals surface area contributed by atoms with E-state index in [9.17, 15) is 14.7 Å². The van der Waals surface area contributed by atoms with Crippen LogP contribution in [-0.4, -0.2) is 40.3 Å². The normalized spacial score (nSPS) is 15.7. The van der Waals surface area contributed by atoms with Crippen LogP contribution in [0.4, 0.5) is 5.13 Å². The number of oxime groups is 1. The Balaban J connectivity index is 1.57. The largest absolute Gasteiger partial charge is 0.476 e. The van der Waals surface area contributed by atoms with Gasteiger partial charge in [0.25, 0.3) is 5.91 Å². The maximum Gasteiger partial charge on any atom is 0.360 e. The quantitative estimate of drug-likeness (QED) is 0.176. The Hall–Kier alpha value is -4.50. The highest BCUT2D eigenvalue weighted by Crippen LogP contribution is 2.40. The molecule has 37 heavy (non-hydrogen) atoms. The predicted molar refractivity (Wildman–Crippen MR) is 142 cm³/mol. The molecule has 9 heteroatoms. The van der Waals surface area contributed by atoms with Crippen LogP contribution in [0.15, 0.2) is 102 Å². The third kappa shape index (κ3) is 4.94. The molecule has 186 valence electrons. The van der Waals surface area contributed by atoms with Gasteiger partial charge in [-0.25, -0.2) is 9.78 Å². The molecule has 0 spiro atoms. The fraction of sp³-hybridized carbons (Fsp3) is 0.143. The standard InChI is InChI=1S/C28H24N4O4S/c33-25-23(16-17-29-25)36-32-24(26(34)35)22-18-37-27(30-22)31-28(19-10-4-1-5-11-19,20-12-6-2-7-13-20)21-14-8-3-9-15-21/h1-15,18,23H,16-17H2,(H,29,33)(H,30,31)(H,34,35)/b32-24+/t23-/m0/s1. The lowest BCUT2D eigenvalue weighted by Crippen LogP contribution is -2.38. The summed E-state index contributed by atoms with van der Waals surface area (Å²) < 4.78 is 0. The van der Waals surface area contributed by atoms with Crippen molar-refractivity contribution in [1.82, 2.24) is 10.3 Å². The fourth-order valence-electron chi connectivity index (χ4n) is 4.36. The van der Waals surface area contributed by atoms with Gasteiger partial charge >= 0.3 is 5.97 Å². The molecule has 5 rings (SSSR count). The molecule has 0 radical (unpaired) electrons. The van der Waals surface area contributed by atoms with E-state index in [2.05, 4.69) is 20.8 Å². The van der Waals surface area contributed by atoms with Gasteiger partial charge in [0, 0.05) is 18.3 Å². The Bertz CT molecular complexity index is 1310. The van der Waals surface area contributed by atoms with E-state index in [0.29, 0.717) is 18.1 Å². The lowest BCUT2D eigenvalue weighted by Gasteiger charge is -2.36. The van der Waals surface area contributed by atoms with Crippen molar-refractivity contribution in [1.29, 1.82) is 0 Å². The molecule has 8 nitrogen and oxygen atoms in total. The second-order valence-electron chi connectivity index (χ2n) is 8.43. The Morgan fingerprint density at radius 1 is 0.973 bits per heavy atom. The number of aromatic nitrogens is 1. The highest BCUT2D eigenvalue weighted by Gasteiger charge is 2.37.